The molecule has 0 aliphatic rings. The summed E-state index contributed by atoms with van der Waals surface area (Å²) in [6.45, 7) is 2.65. The lowest BCUT2D eigenvalue weighted by Gasteiger charge is -2.28. The summed E-state index contributed by atoms with van der Waals surface area (Å²) in [6.07, 6.45) is -16.5. The second-order valence-electron chi connectivity index (χ2n) is 5.69. The van der Waals surface area contributed by atoms with E-state index in [2.05, 4.69) is 9.47 Å². The van der Waals surface area contributed by atoms with E-state index in [1.165, 1.54) is 0 Å². The fourth-order valence-electron chi connectivity index (χ4n) is 1.46. The summed E-state index contributed by atoms with van der Waals surface area (Å²) in [4.78, 5) is 34.0. The molecule has 2 atom stereocenters. The van der Waals surface area contributed by atoms with Gasteiger partial charge in [0.25, 0.3) is 0 Å². The fraction of sp³-hybridized carbons (Fsp3) is 0.769. The molecular formula is C13H13F10NO5. The third-order valence-electron chi connectivity index (χ3n) is 2.91. The predicted molar refractivity (Wildman–Crippen MR) is 70.7 cm³/mol. The van der Waals surface area contributed by atoms with Gasteiger partial charge < -0.3 is 14.8 Å². The van der Waals surface area contributed by atoms with Crippen molar-refractivity contribution in [1.29, 1.82) is 0 Å². The SMILES string of the molecule is CC(C)OC(=O)[C@@H](NC(=O)C(F)(F)C(F)(F)F)[C@@H](C)OC(=O)C(F)(F)C(F)(F)F. The molecule has 0 bridgehead atoms. The molecule has 29 heavy (non-hydrogen) atoms. The molecule has 0 aliphatic heterocycles. The van der Waals surface area contributed by atoms with Gasteiger partial charge in [0, 0.05) is 0 Å². The lowest BCUT2D eigenvalue weighted by molar-refractivity contribution is -0.282. The van der Waals surface area contributed by atoms with E-state index < -0.39 is 60.3 Å². The van der Waals surface area contributed by atoms with E-state index in [1.807, 2.05) is 0 Å². The van der Waals surface area contributed by atoms with Gasteiger partial charge in [0.15, 0.2) is 6.04 Å². The Morgan fingerprint density at radius 2 is 1.14 bits per heavy atom. The van der Waals surface area contributed by atoms with Crippen LogP contribution in [-0.2, 0) is 23.9 Å². The van der Waals surface area contributed by atoms with E-state index in [9.17, 15) is 58.3 Å². The van der Waals surface area contributed by atoms with Crippen LogP contribution in [0.25, 0.3) is 0 Å². The summed E-state index contributed by atoms with van der Waals surface area (Å²) in [5.74, 6) is -20.5. The first kappa shape index (κ1) is 26.7. The number of esters is 2. The third-order valence-corrected chi connectivity index (χ3v) is 2.91. The van der Waals surface area contributed by atoms with Crippen LogP contribution in [0.1, 0.15) is 20.8 Å². The molecule has 0 radical (unpaired) electrons. The van der Waals surface area contributed by atoms with Crippen molar-refractivity contribution in [3.8, 4) is 0 Å². The van der Waals surface area contributed by atoms with Crippen LogP contribution in [0.2, 0.25) is 0 Å². The monoisotopic (exact) mass is 453 g/mol. The number of hydrogen-bond donors (Lipinski definition) is 1. The summed E-state index contributed by atoms with van der Waals surface area (Å²) in [6, 6.07) is -2.77. The summed E-state index contributed by atoms with van der Waals surface area (Å²) in [5, 5.41) is 0.777. The maximum Gasteiger partial charge on any atom is 0.465 e. The second-order valence-corrected chi connectivity index (χ2v) is 5.69. The van der Waals surface area contributed by atoms with Gasteiger partial charge in [-0.15, -0.1) is 0 Å². The Morgan fingerprint density at radius 1 is 0.724 bits per heavy atom. The lowest BCUT2D eigenvalue weighted by atomic mass is 10.1. The topological polar surface area (TPSA) is 81.7 Å². The molecule has 0 aliphatic carbocycles. The molecule has 0 spiro atoms. The van der Waals surface area contributed by atoms with Crippen LogP contribution in [-0.4, -0.2) is 60.3 Å². The maximum atomic E-state index is 13.0. The summed E-state index contributed by atoms with van der Waals surface area (Å²) < 4.78 is 133. The van der Waals surface area contributed by atoms with Crippen molar-refractivity contribution in [2.75, 3.05) is 0 Å². The first-order valence-electron chi connectivity index (χ1n) is 7.27. The molecule has 6 nitrogen and oxygen atoms in total. The molecular weight excluding hydrogens is 440 g/mol. The van der Waals surface area contributed by atoms with Crippen LogP contribution in [0.3, 0.4) is 0 Å². The molecule has 0 aromatic heterocycles. The fourth-order valence-corrected chi connectivity index (χ4v) is 1.46. The number of ether oxygens (including phenoxy) is 2. The quantitative estimate of drug-likeness (QED) is 0.474. The normalized spacial score (nSPS) is 15.5. The number of carbonyl (C=O) groups is 3. The van der Waals surface area contributed by atoms with Gasteiger partial charge in [0.2, 0.25) is 0 Å². The van der Waals surface area contributed by atoms with Gasteiger partial charge in [0.05, 0.1) is 6.10 Å². The number of halogens is 10. The summed E-state index contributed by atoms with van der Waals surface area (Å²) in [5.41, 5.74) is 0. The van der Waals surface area contributed by atoms with Gasteiger partial charge >= 0.3 is 42.0 Å². The third kappa shape index (κ3) is 6.35. The molecule has 0 saturated heterocycles. The zero-order valence-electron chi connectivity index (χ0n) is 14.6. The van der Waals surface area contributed by atoms with Crippen LogP contribution in [0, 0.1) is 0 Å². The van der Waals surface area contributed by atoms with Gasteiger partial charge in [-0.1, -0.05) is 0 Å². The molecule has 170 valence electrons. The number of hydrogen-bond acceptors (Lipinski definition) is 5. The molecule has 1 amide bonds. The first-order valence-corrected chi connectivity index (χ1v) is 7.27. The molecule has 1 N–H and O–H groups in total. The van der Waals surface area contributed by atoms with Crippen LogP contribution >= 0.6 is 0 Å². The number of nitrogens with one attached hydrogen (secondary N) is 1. The molecule has 0 rings (SSSR count). The largest absolute Gasteiger partial charge is 0.465 e. The van der Waals surface area contributed by atoms with E-state index in [-0.39, 0.29) is 0 Å². The number of rotatable bonds is 7. The van der Waals surface area contributed by atoms with E-state index in [0.29, 0.717) is 6.92 Å². The lowest BCUT2D eigenvalue weighted by Crippen LogP contribution is -2.59. The van der Waals surface area contributed by atoms with E-state index in [4.69, 9.17) is 0 Å². The summed E-state index contributed by atoms with van der Waals surface area (Å²) >= 11 is 0. The van der Waals surface area contributed by atoms with Crippen molar-refractivity contribution in [3.05, 3.63) is 0 Å². The Balaban J connectivity index is 5.72. The maximum absolute atomic E-state index is 13.0. The van der Waals surface area contributed by atoms with Gasteiger partial charge in [-0.05, 0) is 20.8 Å². The first-order chi connectivity index (χ1) is 12.7. The minimum atomic E-state index is -6.44. The van der Waals surface area contributed by atoms with Crippen LogP contribution in [0.5, 0.6) is 0 Å². The average Bonchev–Trinajstić information content (AvgIpc) is 2.48. The van der Waals surface area contributed by atoms with E-state index >= 15 is 0 Å². The zero-order valence-corrected chi connectivity index (χ0v) is 14.6. The Labute approximate surface area is 155 Å². The molecule has 0 fully saturated rings. The number of carbonyl (C=O) groups excluding carboxylic acids is 3. The van der Waals surface area contributed by atoms with Gasteiger partial charge in [-0.2, -0.15) is 43.9 Å². The van der Waals surface area contributed by atoms with Gasteiger partial charge in [-0.3, -0.25) is 4.79 Å². The standard InChI is InChI=1S/C13H13F10NO5/c1-4(2)28-7(25)6(24-8(26)10(14,15)12(18,19)20)5(3)29-9(27)11(16,17)13(21,22)23/h4-6H,1-3H3,(H,24,26)/t5-,6+/m1/s1. The Bertz CT molecular complexity index is 628. The van der Waals surface area contributed by atoms with Crippen molar-refractivity contribution < 1.29 is 67.8 Å². The Hall–Kier alpha value is -2.29. The van der Waals surface area contributed by atoms with Crippen molar-refractivity contribution in [1.82, 2.24) is 5.32 Å². The summed E-state index contributed by atoms with van der Waals surface area (Å²) in [7, 11) is 0. The van der Waals surface area contributed by atoms with Crippen molar-refractivity contribution >= 4 is 17.8 Å². The van der Waals surface area contributed by atoms with Gasteiger partial charge in [-0.25, -0.2) is 9.59 Å². The van der Waals surface area contributed by atoms with Gasteiger partial charge in [0.1, 0.15) is 6.10 Å². The molecule has 0 aromatic carbocycles. The highest BCUT2D eigenvalue weighted by Crippen LogP contribution is 2.37. The minimum Gasteiger partial charge on any atom is -0.461 e. The Kier molecular flexibility index (Phi) is 7.93. The zero-order chi connectivity index (χ0) is 23.6. The van der Waals surface area contributed by atoms with Crippen molar-refractivity contribution in [3.63, 3.8) is 0 Å². The number of amides is 1. The van der Waals surface area contributed by atoms with E-state index in [0.717, 1.165) is 19.2 Å². The molecule has 0 aromatic rings. The molecule has 0 heterocycles. The Morgan fingerprint density at radius 3 is 1.48 bits per heavy atom. The predicted octanol–water partition coefficient (Wildman–Crippen LogP) is 2.75. The highest BCUT2D eigenvalue weighted by atomic mass is 19.4. The highest BCUT2D eigenvalue weighted by molar-refractivity contribution is 5.90. The minimum absolute atomic E-state index is 0.378. The molecule has 0 saturated carbocycles. The average molecular weight is 453 g/mol. The second kappa shape index (κ2) is 8.61. The van der Waals surface area contributed by atoms with Crippen LogP contribution in [0.15, 0.2) is 0 Å². The van der Waals surface area contributed by atoms with Crippen LogP contribution in [0.4, 0.5) is 43.9 Å². The van der Waals surface area contributed by atoms with Crippen LogP contribution < -0.4 is 5.32 Å². The highest BCUT2D eigenvalue weighted by Gasteiger charge is 2.66. The van der Waals surface area contributed by atoms with Crippen molar-refractivity contribution in [2.24, 2.45) is 0 Å². The van der Waals surface area contributed by atoms with Crippen molar-refractivity contribution in [2.45, 2.75) is 63.2 Å². The smallest absolute Gasteiger partial charge is 0.461 e. The molecule has 16 heteroatoms. The number of alkyl halides is 10. The molecule has 0 unspecified atom stereocenters. The van der Waals surface area contributed by atoms with E-state index in [1.54, 1.807) is 0 Å².